The molecule has 0 saturated heterocycles. The largest absolute Gasteiger partial charge is 0.493 e. The molecule has 0 spiro atoms. The predicted octanol–water partition coefficient (Wildman–Crippen LogP) is 20.5. The van der Waals surface area contributed by atoms with Crippen molar-refractivity contribution in [2.24, 2.45) is 0 Å². The maximum atomic E-state index is 13.0. The second-order valence-corrected chi connectivity index (χ2v) is 19.6. The van der Waals surface area contributed by atoms with Crippen molar-refractivity contribution in [2.45, 2.75) is 284 Å². The van der Waals surface area contributed by atoms with Crippen LogP contribution in [0.5, 0.6) is 11.5 Å². The fourth-order valence-corrected chi connectivity index (χ4v) is 9.19. The third-order valence-corrected chi connectivity index (χ3v) is 13.5. The normalized spacial score (nSPS) is 11.5. The summed E-state index contributed by atoms with van der Waals surface area (Å²) in [6.07, 6.45) is 59.4. The average Bonchev–Trinajstić information content (AvgIpc) is 3.31. The van der Waals surface area contributed by atoms with Gasteiger partial charge in [-0.3, -0.25) is 4.79 Å². The van der Waals surface area contributed by atoms with Crippen molar-refractivity contribution in [1.29, 1.82) is 0 Å². The first-order valence-electron chi connectivity index (χ1n) is 28.4. The average molecular weight is 885 g/mol. The van der Waals surface area contributed by atoms with Crippen LogP contribution < -0.4 is 9.47 Å². The van der Waals surface area contributed by atoms with Crippen LogP contribution in [0.25, 0.3) is 6.08 Å². The molecule has 0 aliphatic rings. The summed E-state index contributed by atoms with van der Waals surface area (Å²) in [4.78, 5) is 13.0. The van der Waals surface area contributed by atoms with Crippen LogP contribution in [0.1, 0.15) is 299 Å². The van der Waals surface area contributed by atoms with E-state index in [0.717, 1.165) is 62.4 Å². The van der Waals surface area contributed by atoms with Crippen LogP contribution in [-0.4, -0.2) is 19.0 Å². The van der Waals surface area contributed by atoms with Crippen molar-refractivity contribution in [2.75, 3.05) is 13.2 Å². The van der Waals surface area contributed by atoms with Gasteiger partial charge in [0, 0.05) is 11.1 Å². The number of hydrogen-bond donors (Lipinski definition) is 0. The minimum atomic E-state index is 0.0174. The van der Waals surface area contributed by atoms with Crippen LogP contribution in [0.15, 0.2) is 48.5 Å². The molecule has 2 rings (SSSR count). The molecule has 0 unspecified atom stereocenters. The van der Waals surface area contributed by atoms with Crippen molar-refractivity contribution < 1.29 is 14.3 Å². The van der Waals surface area contributed by atoms with E-state index in [2.05, 4.69) is 32.9 Å². The molecule has 0 aliphatic heterocycles. The first-order valence-corrected chi connectivity index (χ1v) is 28.4. The molecule has 0 aromatic heterocycles. The molecule has 0 heterocycles. The molecule has 0 saturated carbocycles. The Hall–Kier alpha value is -2.55. The van der Waals surface area contributed by atoms with Crippen LogP contribution in [0, 0.1) is 0 Å². The Morgan fingerprint density at radius 1 is 0.391 bits per heavy atom. The first-order chi connectivity index (χ1) is 31.7. The highest BCUT2D eigenvalue weighted by molar-refractivity contribution is 6.06. The molecular formula is C61H104O3. The van der Waals surface area contributed by atoms with E-state index in [4.69, 9.17) is 9.47 Å². The Kier molecular flexibility index (Phi) is 39.8. The maximum Gasteiger partial charge on any atom is 0.185 e. The fourth-order valence-electron chi connectivity index (χ4n) is 9.19. The van der Waals surface area contributed by atoms with Gasteiger partial charge in [0.05, 0.1) is 13.2 Å². The quantitative estimate of drug-likeness (QED) is 0.0377. The molecule has 2 aromatic rings. The van der Waals surface area contributed by atoms with Gasteiger partial charge in [0.1, 0.15) is 11.5 Å². The third kappa shape index (κ3) is 33.0. The van der Waals surface area contributed by atoms with Gasteiger partial charge in [-0.15, -0.1) is 0 Å². The molecule has 3 heteroatoms. The lowest BCUT2D eigenvalue weighted by atomic mass is 10.0. The van der Waals surface area contributed by atoms with E-state index in [9.17, 15) is 4.79 Å². The van der Waals surface area contributed by atoms with Crippen LogP contribution in [0.2, 0.25) is 0 Å². The highest BCUT2D eigenvalue weighted by Gasteiger charge is 2.14. The van der Waals surface area contributed by atoms with Crippen LogP contribution in [0.3, 0.4) is 0 Å². The summed E-state index contributed by atoms with van der Waals surface area (Å²) in [6.45, 7) is 8.32. The standard InChI is InChI=1S/C61H104O3/c1-4-7-10-12-14-16-18-20-22-24-26-28-30-32-34-36-38-40-45-52-63-60-54-56(50-51-59(62)57-47-43-42-44-48-57)55-61(58(60)49-9-6-3)64-53-46-41-39-37-35-33-31-29-27-25-23-21-19-17-15-13-11-8-5-2/h42-44,47-48,50-51,54-55H,4-41,45-46,49,52-53H2,1-3H3. The van der Waals surface area contributed by atoms with E-state index in [0.29, 0.717) is 5.56 Å². The molecule has 3 nitrogen and oxygen atoms in total. The lowest BCUT2D eigenvalue weighted by Crippen LogP contribution is -2.06. The smallest absolute Gasteiger partial charge is 0.185 e. The number of rotatable bonds is 48. The molecule has 0 atom stereocenters. The van der Waals surface area contributed by atoms with Crippen molar-refractivity contribution >= 4 is 11.9 Å². The topological polar surface area (TPSA) is 35.5 Å². The summed E-state index contributed by atoms with van der Waals surface area (Å²) in [5.41, 5.74) is 2.87. The van der Waals surface area contributed by atoms with Crippen molar-refractivity contribution in [1.82, 2.24) is 0 Å². The van der Waals surface area contributed by atoms with Gasteiger partial charge in [-0.05, 0) is 49.5 Å². The summed E-state index contributed by atoms with van der Waals surface area (Å²) in [5, 5.41) is 0. The van der Waals surface area contributed by atoms with Gasteiger partial charge in [-0.1, -0.05) is 295 Å². The van der Waals surface area contributed by atoms with Gasteiger partial charge >= 0.3 is 0 Å². The summed E-state index contributed by atoms with van der Waals surface area (Å²) in [5.74, 6) is 1.89. The van der Waals surface area contributed by atoms with E-state index in [1.165, 1.54) is 237 Å². The number of hydrogen-bond acceptors (Lipinski definition) is 3. The number of carbonyl (C=O) groups is 1. The number of ketones is 1. The Morgan fingerprint density at radius 3 is 1.00 bits per heavy atom. The van der Waals surface area contributed by atoms with Gasteiger partial charge in [-0.2, -0.15) is 0 Å². The van der Waals surface area contributed by atoms with Crippen molar-refractivity contribution in [3.8, 4) is 11.5 Å². The zero-order chi connectivity index (χ0) is 45.6. The monoisotopic (exact) mass is 885 g/mol. The fraction of sp³-hybridized carbons (Fsp3) is 0.754. The van der Waals surface area contributed by atoms with Gasteiger partial charge in [-0.25, -0.2) is 0 Å². The summed E-state index contributed by atoms with van der Waals surface area (Å²) in [6, 6.07) is 13.8. The Morgan fingerprint density at radius 2 is 0.688 bits per heavy atom. The number of allylic oxidation sites excluding steroid dienone is 1. The van der Waals surface area contributed by atoms with E-state index < -0.39 is 0 Å². The van der Waals surface area contributed by atoms with E-state index in [1.54, 1.807) is 6.08 Å². The second-order valence-electron chi connectivity index (χ2n) is 19.6. The first kappa shape index (κ1) is 57.6. The van der Waals surface area contributed by atoms with Crippen LogP contribution in [-0.2, 0) is 6.42 Å². The van der Waals surface area contributed by atoms with Crippen molar-refractivity contribution in [3.63, 3.8) is 0 Å². The second kappa shape index (κ2) is 44.3. The van der Waals surface area contributed by atoms with Crippen LogP contribution >= 0.6 is 0 Å². The number of carbonyl (C=O) groups excluding carboxylic acids is 1. The highest BCUT2D eigenvalue weighted by atomic mass is 16.5. The third-order valence-electron chi connectivity index (χ3n) is 13.5. The number of benzene rings is 2. The molecule has 0 fully saturated rings. The SMILES string of the molecule is CCCCCCCCCCCCCCCCCCCCCOc1cc(C=CC(=O)c2ccccc2)cc(OCCCCCCCCCCCCCCCCCCCCC)c1CCCC. The zero-order valence-electron chi connectivity index (χ0n) is 42.8. The molecule has 2 aromatic carbocycles. The molecule has 366 valence electrons. The van der Waals surface area contributed by atoms with Gasteiger partial charge in [0.25, 0.3) is 0 Å². The summed E-state index contributed by atoms with van der Waals surface area (Å²) >= 11 is 0. The highest BCUT2D eigenvalue weighted by Crippen LogP contribution is 2.34. The van der Waals surface area contributed by atoms with Crippen LogP contribution in [0.4, 0.5) is 0 Å². The zero-order valence-corrected chi connectivity index (χ0v) is 42.8. The molecule has 0 aliphatic carbocycles. The minimum absolute atomic E-state index is 0.0174. The summed E-state index contributed by atoms with van der Waals surface area (Å²) < 4.78 is 13.2. The molecule has 0 amide bonds. The van der Waals surface area contributed by atoms with Crippen molar-refractivity contribution in [3.05, 3.63) is 65.2 Å². The van der Waals surface area contributed by atoms with Gasteiger partial charge in [0.15, 0.2) is 5.78 Å². The Balaban J connectivity index is 1.69. The Bertz CT molecular complexity index is 1270. The molecule has 0 bridgehead atoms. The van der Waals surface area contributed by atoms with Gasteiger partial charge in [0.2, 0.25) is 0 Å². The van der Waals surface area contributed by atoms with E-state index >= 15 is 0 Å². The molecular weight excluding hydrogens is 781 g/mol. The lowest BCUT2D eigenvalue weighted by Gasteiger charge is -2.18. The number of unbranched alkanes of at least 4 members (excludes halogenated alkanes) is 37. The molecule has 0 N–H and O–H groups in total. The van der Waals surface area contributed by atoms with Gasteiger partial charge < -0.3 is 9.47 Å². The van der Waals surface area contributed by atoms with E-state index in [1.807, 2.05) is 36.4 Å². The predicted molar refractivity (Wildman–Crippen MR) is 283 cm³/mol. The Labute approximate surface area is 398 Å². The summed E-state index contributed by atoms with van der Waals surface area (Å²) in [7, 11) is 0. The molecule has 64 heavy (non-hydrogen) atoms. The van der Waals surface area contributed by atoms with E-state index in [-0.39, 0.29) is 5.78 Å². The minimum Gasteiger partial charge on any atom is -0.493 e. The molecule has 0 radical (unpaired) electrons. The lowest BCUT2D eigenvalue weighted by molar-refractivity contribution is 0.104. The number of ether oxygens (including phenoxy) is 2. The maximum absolute atomic E-state index is 13.0.